The number of hydrogen-bond acceptors (Lipinski definition) is 2. The molecule has 1 aromatic heterocycles. The Hall–Kier alpha value is -2.16. The van der Waals surface area contributed by atoms with Crippen LogP contribution in [0.15, 0.2) is 24.4 Å². The molecule has 0 aliphatic carbocycles. The van der Waals surface area contributed by atoms with E-state index in [9.17, 15) is 4.79 Å². The lowest BCUT2D eigenvalue weighted by Crippen LogP contribution is -2.38. The zero-order valence-electron chi connectivity index (χ0n) is 16.6. The maximum absolute atomic E-state index is 12.8. The molecule has 25 heavy (non-hydrogen) atoms. The first-order valence-corrected chi connectivity index (χ1v) is 8.89. The number of nitrogens with zero attached hydrogens (tertiary/aromatic N) is 1. The van der Waals surface area contributed by atoms with E-state index in [1.807, 2.05) is 32.0 Å². The average molecular weight is 338 g/mol. The van der Waals surface area contributed by atoms with Gasteiger partial charge in [-0.1, -0.05) is 19.9 Å². The quantitative estimate of drug-likeness (QED) is 0.871. The van der Waals surface area contributed by atoms with E-state index in [0.717, 1.165) is 12.1 Å². The molecule has 0 saturated carbocycles. The van der Waals surface area contributed by atoms with Crippen molar-refractivity contribution in [1.29, 1.82) is 0 Å². The molecule has 0 fully saturated rings. The second-order valence-corrected chi connectivity index (χ2v) is 7.67. The Bertz CT molecular complexity index is 747. The van der Waals surface area contributed by atoms with E-state index in [1.165, 1.54) is 33.4 Å². The van der Waals surface area contributed by atoms with Crippen molar-refractivity contribution in [2.75, 3.05) is 0 Å². The van der Waals surface area contributed by atoms with E-state index in [2.05, 4.69) is 44.9 Å². The summed E-state index contributed by atoms with van der Waals surface area (Å²) in [6, 6.07) is 5.74. The fourth-order valence-electron chi connectivity index (χ4n) is 3.28. The zero-order chi connectivity index (χ0) is 18.8. The minimum Gasteiger partial charge on any atom is -0.350 e. The Morgan fingerprint density at radius 3 is 2.04 bits per heavy atom. The number of carbonyl (C=O) groups excluding carboxylic acids is 1. The van der Waals surface area contributed by atoms with Gasteiger partial charge in [-0.3, -0.25) is 9.78 Å². The number of pyridine rings is 1. The van der Waals surface area contributed by atoms with Gasteiger partial charge in [0.2, 0.25) is 5.91 Å². The molecule has 134 valence electrons. The Morgan fingerprint density at radius 1 is 0.960 bits per heavy atom. The van der Waals surface area contributed by atoms with Crippen molar-refractivity contribution >= 4 is 5.91 Å². The molecule has 0 aliphatic heterocycles. The predicted molar refractivity (Wildman–Crippen MR) is 104 cm³/mol. The maximum atomic E-state index is 12.8. The molecule has 0 aliphatic rings. The van der Waals surface area contributed by atoms with Gasteiger partial charge in [-0.2, -0.15) is 0 Å². The van der Waals surface area contributed by atoms with Crippen molar-refractivity contribution < 1.29 is 4.79 Å². The van der Waals surface area contributed by atoms with Crippen LogP contribution in [0.2, 0.25) is 0 Å². The summed E-state index contributed by atoms with van der Waals surface area (Å²) in [5.74, 6) is 0.0628. The van der Waals surface area contributed by atoms with Crippen molar-refractivity contribution in [3.63, 3.8) is 0 Å². The highest BCUT2D eigenvalue weighted by molar-refractivity contribution is 5.82. The number of amides is 1. The van der Waals surface area contributed by atoms with Crippen molar-refractivity contribution in [2.45, 2.75) is 61.4 Å². The highest BCUT2D eigenvalue weighted by Crippen LogP contribution is 2.31. The molecule has 0 unspecified atom stereocenters. The number of aromatic nitrogens is 1. The Labute approximate surface area is 151 Å². The summed E-state index contributed by atoms with van der Waals surface area (Å²) in [5, 5.41) is 3.04. The minimum atomic E-state index is -0.474. The van der Waals surface area contributed by atoms with E-state index in [-0.39, 0.29) is 5.91 Å². The maximum Gasteiger partial charge on any atom is 0.226 e. The molecular formula is C22H30N2O. The van der Waals surface area contributed by atoms with Crippen LogP contribution in [0.5, 0.6) is 0 Å². The van der Waals surface area contributed by atoms with Gasteiger partial charge in [0.05, 0.1) is 12.2 Å². The first-order chi connectivity index (χ1) is 11.6. The summed E-state index contributed by atoms with van der Waals surface area (Å²) in [4.78, 5) is 17.0. The molecule has 0 saturated heterocycles. The van der Waals surface area contributed by atoms with Gasteiger partial charge in [-0.05, 0) is 86.6 Å². The second kappa shape index (κ2) is 7.38. The molecule has 3 heteroatoms. The van der Waals surface area contributed by atoms with Crippen molar-refractivity contribution in [3.05, 3.63) is 63.5 Å². The molecule has 2 rings (SSSR count). The van der Waals surface area contributed by atoms with Gasteiger partial charge in [-0.25, -0.2) is 0 Å². The van der Waals surface area contributed by atoms with Crippen LogP contribution in [0.25, 0.3) is 0 Å². The van der Waals surface area contributed by atoms with E-state index >= 15 is 0 Å². The summed E-state index contributed by atoms with van der Waals surface area (Å²) in [6.07, 6.45) is 2.48. The van der Waals surface area contributed by atoms with Crippen molar-refractivity contribution in [3.8, 4) is 0 Å². The largest absolute Gasteiger partial charge is 0.350 e. The molecule has 1 amide bonds. The molecule has 0 bridgehead atoms. The fourth-order valence-corrected chi connectivity index (χ4v) is 3.28. The van der Waals surface area contributed by atoms with Crippen LogP contribution in [0.3, 0.4) is 0 Å². The molecule has 0 spiro atoms. The van der Waals surface area contributed by atoms with Gasteiger partial charge in [0, 0.05) is 11.6 Å². The van der Waals surface area contributed by atoms with Crippen LogP contribution in [0.4, 0.5) is 0 Å². The first kappa shape index (κ1) is 19.2. The number of rotatable bonds is 5. The van der Waals surface area contributed by atoms with Crippen LogP contribution in [-0.4, -0.2) is 10.9 Å². The molecule has 0 atom stereocenters. The third-order valence-corrected chi connectivity index (χ3v) is 5.54. The topological polar surface area (TPSA) is 42.0 Å². The predicted octanol–water partition coefficient (Wildman–Crippen LogP) is 4.51. The Morgan fingerprint density at radius 2 is 1.52 bits per heavy atom. The normalized spacial score (nSPS) is 11.5. The Kier molecular flexibility index (Phi) is 5.66. The van der Waals surface area contributed by atoms with Crippen LogP contribution in [0, 0.1) is 40.0 Å². The molecule has 1 aromatic carbocycles. The van der Waals surface area contributed by atoms with Gasteiger partial charge >= 0.3 is 0 Å². The number of hydrogen-bond donors (Lipinski definition) is 1. The van der Waals surface area contributed by atoms with Crippen molar-refractivity contribution in [1.82, 2.24) is 10.3 Å². The molecule has 0 radical (unpaired) electrons. The standard InChI is InChI=1S/C22H30N2O/c1-14-15(2)17(4)20(18(5)16(14)3)12-22(6,7)21(25)24-13-19-10-8-9-11-23-19/h8-11H,12-13H2,1-7H3,(H,24,25). The third kappa shape index (κ3) is 4.09. The van der Waals surface area contributed by atoms with Crippen LogP contribution in [-0.2, 0) is 17.8 Å². The highest BCUT2D eigenvalue weighted by atomic mass is 16.2. The smallest absolute Gasteiger partial charge is 0.226 e. The van der Waals surface area contributed by atoms with Gasteiger partial charge in [0.1, 0.15) is 0 Å². The third-order valence-electron chi connectivity index (χ3n) is 5.54. The molecule has 3 nitrogen and oxygen atoms in total. The average Bonchev–Trinajstić information content (AvgIpc) is 2.60. The van der Waals surface area contributed by atoms with Crippen LogP contribution >= 0.6 is 0 Å². The SMILES string of the molecule is Cc1c(C)c(C)c(CC(C)(C)C(=O)NCc2ccccn2)c(C)c1C. The summed E-state index contributed by atoms with van der Waals surface area (Å²) in [7, 11) is 0. The van der Waals surface area contributed by atoms with Gasteiger partial charge in [0.25, 0.3) is 0 Å². The van der Waals surface area contributed by atoms with E-state index < -0.39 is 5.41 Å². The first-order valence-electron chi connectivity index (χ1n) is 8.89. The summed E-state index contributed by atoms with van der Waals surface area (Å²) < 4.78 is 0. The number of benzene rings is 1. The fraction of sp³-hybridized carbons (Fsp3) is 0.455. The Balaban J connectivity index is 2.19. The van der Waals surface area contributed by atoms with Crippen LogP contribution < -0.4 is 5.32 Å². The van der Waals surface area contributed by atoms with Gasteiger partial charge < -0.3 is 5.32 Å². The highest BCUT2D eigenvalue weighted by Gasteiger charge is 2.29. The van der Waals surface area contributed by atoms with Gasteiger partial charge in [0.15, 0.2) is 0 Å². The van der Waals surface area contributed by atoms with E-state index in [4.69, 9.17) is 0 Å². The van der Waals surface area contributed by atoms with E-state index in [0.29, 0.717) is 6.54 Å². The zero-order valence-corrected chi connectivity index (χ0v) is 16.6. The summed E-state index contributed by atoms with van der Waals surface area (Å²) >= 11 is 0. The number of nitrogens with one attached hydrogen (secondary N) is 1. The second-order valence-electron chi connectivity index (χ2n) is 7.67. The summed E-state index contributed by atoms with van der Waals surface area (Å²) in [6.45, 7) is 15.4. The van der Waals surface area contributed by atoms with Gasteiger partial charge in [-0.15, -0.1) is 0 Å². The molecule has 2 aromatic rings. The lowest BCUT2D eigenvalue weighted by atomic mass is 9.79. The lowest BCUT2D eigenvalue weighted by molar-refractivity contribution is -0.129. The lowest BCUT2D eigenvalue weighted by Gasteiger charge is -2.27. The minimum absolute atomic E-state index is 0.0628. The molecule has 1 heterocycles. The van der Waals surface area contributed by atoms with Crippen LogP contribution in [0.1, 0.15) is 52.9 Å². The summed E-state index contributed by atoms with van der Waals surface area (Å²) in [5.41, 5.74) is 8.36. The monoisotopic (exact) mass is 338 g/mol. The molecular weight excluding hydrogens is 308 g/mol. The van der Waals surface area contributed by atoms with Crippen molar-refractivity contribution in [2.24, 2.45) is 5.41 Å². The molecule has 1 N–H and O–H groups in total. The number of carbonyl (C=O) groups is 1. The van der Waals surface area contributed by atoms with E-state index in [1.54, 1.807) is 6.20 Å².